The van der Waals surface area contributed by atoms with Crippen molar-refractivity contribution < 1.29 is 0 Å². The number of nitriles is 1. The minimum atomic E-state index is 0.566. The van der Waals surface area contributed by atoms with Gasteiger partial charge in [-0.05, 0) is 35.8 Å². The van der Waals surface area contributed by atoms with Crippen LogP contribution in [0.2, 0.25) is 0 Å². The van der Waals surface area contributed by atoms with E-state index in [9.17, 15) is 0 Å². The number of nitrogens with zero attached hydrogens (tertiary/aromatic N) is 1. The van der Waals surface area contributed by atoms with E-state index >= 15 is 0 Å². The summed E-state index contributed by atoms with van der Waals surface area (Å²) in [7, 11) is 0. The van der Waals surface area contributed by atoms with E-state index in [1.54, 1.807) is 6.07 Å². The van der Waals surface area contributed by atoms with Gasteiger partial charge in [-0.15, -0.1) is 0 Å². The molecule has 0 aromatic heterocycles. The molecule has 0 saturated heterocycles. The Morgan fingerprint density at radius 2 is 2.18 bits per heavy atom. The first-order valence-electron chi connectivity index (χ1n) is 5.62. The minimum absolute atomic E-state index is 0.566. The number of nitrogens with one attached hydrogen (secondary N) is 2. The molecule has 0 radical (unpaired) electrons. The molecule has 4 heteroatoms. The lowest BCUT2D eigenvalue weighted by atomic mass is 10.1. The third-order valence-electron chi connectivity index (χ3n) is 2.18. The van der Waals surface area contributed by atoms with Crippen LogP contribution in [0.25, 0.3) is 0 Å². The first-order valence-corrected chi connectivity index (χ1v) is 6.03. The lowest BCUT2D eigenvalue weighted by molar-refractivity contribution is 0.619. The van der Waals surface area contributed by atoms with Crippen molar-refractivity contribution in [2.24, 2.45) is 5.92 Å². The lowest BCUT2D eigenvalue weighted by Crippen LogP contribution is -2.36. The topological polar surface area (TPSA) is 47.8 Å². The van der Waals surface area contributed by atoms with Crippen LogP contribution in [0, 0.1) is 17.2 Å². The summed E-state index contributed by atoms with van der Waals surface area (Å²) in [4.78, 5) is 0. The molecule has 0 amide bonds. The Balaban J connectivity index is 2.40. The van der Waals surface area contributed by atoms with Crippen LogP contribution >= 0.6 is 12.2 Å². The Labute approximate surface area is 108 Å². The van der Waals surface area contributed by atoms with E-state index in [0.717, 1.165) is 12.1 Å². The Kier molecular flexibility index (Phi) is 5.44. The zero-order valence-electron chi connectivity index (χ0n) is 10.2. The summed E-state index contributed by atoms with van der Waals surface area (Å²) in [5.41, 5.74) is 1.73. The molecular weight excluding hydrogens is 230 g/mol. The fraction of sp³-hybridized carbons (Fsp3) is 0.385. The number of hydrogen-bond donors (Lipinski definition) is 2. The highest BCUT2D eigenvalue weighted by atomic mass is 32.1. The maximum atomic E-state index is 8.78. The first-order chi connectivity index (χ1) is 8.11. The van der Waals surface area contributed by atoms with Crippen molar-refractivity contribution in [2.75, 3.05) is 6.54 Å². The molecular formula is C13H17N3S. The van der Waals surface area contributed by atoms with Crippen LogP contribution in [0.1, 0.15) is 25.0 Å². The normalized spacial score (nSPS) is 9.76. The van der Waals surface area contributed by atoms with Gasteiger partial charge in [0.15, 0.2) is 5.11 Å². The molecule has 0 aliphatic heterocycles. The molecule has 2 N–H and O–H groups in total. The van der Waals surface area contributed by atoms with Crippen LogP contribution in [-0.4, -0.2) is 11.7 Å². The van der Waals surface area contributed by atoms with Crippen LogP contribution in [0.4, 0.5) is 0 Å². The summed E-state index contributed by atoms with van der Waals surface area (Å²) in [5.74, 6) is 0.566. The average Bonchev–Trinajstić information content (AvgIpc) is 2.34. The third kappa shape index (κ3) is 5.32. The second-order valence-electron chi connectivity index (χ2n) is 4.27. The zero-order chi connectivity index (χ0) is 12.7. The molecule has 0 fully saturated rings. The number of benzene rings is 1. The van der Waals surface area contributed by atoms with Gasteiger partial charge in [0.1, 0.15) is 0 Å². The van der Waals surface area contributed by atoms with Gasteiger partial charge in [0.25, 0.3) is 0 Å². The van der Waals surface area contributed by atoms with Crippen molar-refractivity contribution >= 4 is 17.3 Å². The predicted octanol–water partition coefficient (Wildman–Crippen LogP) is 2.18. The van der Waals surface area contributed by atoms with Crippen molar-refractivity contribution in [3.63, 3.8) is 0 Å². The lowest BCUT2D eigenvalue weighted by Gasteiger charge is -2.12. The van der Waals surface area contributed by atoms with E-state index in [0.29, 0.717) is 23.1 Å². The Morgan fingerprint density at radius 3 is 2.82 bits per heavy atom. The van der Waals surface area contributed by atoms with Gasteiger partial charge in [-0.2, -0.15) is 5.26 Å². The Bertz CT molecular complexity index is 421. The monoisotopic (exact) mass is 247 g/mol. The van der Waals surface area contributed by atoms with Crippen molar-refractivity contribution in [1.29, 1.82) is 5.26 Å². The molecule has 0 atom stereocenters. The van der Waals surface area contributed by atoms with E-state index in [1.165, 1.54) is 0 Å². The van der Waals surface area contributed by atoms with Crippen molar-refractivity contribution in [2.45, 2.75) is 20.4 Å². The molecule has 1 rings (SSSR count). The first kappa shape index (κ1) is 13.5. The standard InChI is InChI=1S/C13H17N3S/c1-10(2)8-15-13(17)16-9-12-5-3-4-11(6-12)7-14/h3-6,10H,8-9H2,1-2H3,(H2,15,16,17). The van der Waals surface area contributed by atoms with Gasteiger partial charge in [-0.3, -0.25) is 0 Å². The van der Waals surface area contributed by atoms with Crippen molar-refractivity contribution in [3.8, 4) is 6.07 Å². The van der Waals surface area contributed by atoms with Gasteiger partial charge in [-0.25, -0.2) is 0 Å². The van der Waals surface area contributed by atoms with E-state index < -0.39 is 0 Å². The van der Waals surface area contributed by atoms with Gasteiger partial charge in [0.05, 0.1) is 11.6 Å². The summed E-state index contributed by atoms with van der Waals surface area (Å²) < 4.78 is 0. The molecule has 3 nitrogen and oxygen atoms in total. The summed E-state index contributed by atoms with van der Waals surface area (Å²) >= 11 is 5.15. The maximum absolute atomic E-state index is 8.78. The number of hydrogen-bond acceptors (Lipinski definition) is 2. The molecule has 0 bridgehead atoms. The van der Waals surface area contributed by atoms with Crippen LogP contribution in [0.3, 0.4) is 0 Å². The maximum Gasteiger partial charge on any atom is 0.166 e. The van der Waals surface area contributed by atoms with Crippen LogP contribution in [-0.2, 0) is 6.54 Å². The second-order valence-corrected chi connectivity index (χ2v) is 4.68. The molecule has 0 spiro atoms. The molecule has 0 unspecified atom stereocenters. The van der Waals surface area contributed by atoms with Gasteiger partial charge >= 0.3 is 0 Å². The highest BCUT2D eigenvalue weighted by Crippen LogP contribution is 2.03. The highest BCUT2D eigenvalue weighted by molar-refractivity contribution is 7.80. The summed E-state index contributed by atoms with van der Waals surface area (Å²) in [5, 5.41) is 15.7. The van der Waals surface area contributed by atoms with E-state index in [1.807, 2.05) is 18.2 Å². The van der Waals surface area contributed by atoms with Gasteiger partial charge in [-0.1, -0.05) is 26.0 Å². The number of rotatable bonds is 4. The molecule has 0 aliphatic rings. The Morgan fingerprint density at radius 1 is 1.41 bits per heavy atom. The largest absolute Gasteiger partial charge is 0.362 e. The quantitative estimate of drug-likeness (QED) is 0.801. The minimum Gasteiger partial charge on any atom is -0.362 e. The van der Waals surface area contributed by atoms with Gasteiger partial charge in [0.2, 0.25) is 0 Å². The van der Waals surface area contributed by atoms with E-state index in [4.69, 9.17) is 17.5 Å². The highest BCUT2D eigenvalue weighted by Gasteiger charge is 1.99. The van der Waals surface area contributed by atoms with Gasteiger partial charge in [0, 0.05) is 13.1 Å². The molecule has 0 aliphatic carbocycles. The van der Waals surface area contributed by atoms with Crippen LogP contribution in [0.15, 0.2) is 24.3 Å². The van der Waals surface area contributed by atoms with Gasteiger partial charge < -0.3 is 10.6 Å². The smallest absolute Gasteiger partial charge is 0.166 e. The van der Waals surface area contributed by atoms with Crippen LogP contribution in [0.5, 0.6) is 0 Å². The summed E-state index contributed by atoms with van der Waals surface area (Å²) in [6.07, 6.45) is 0. The molecule has 1 aromatic carbocycles. The number of thiocarbonyl (C=S) groups is 1. The fourth-order valence-corrected chi connectivity index (χ4v) is 1.45. The third-order valence-corrected chi connectivity index (χ3v) is 2.47. The molecule has 17 heavy (non-hydrogen) atoms. The summed E-state index contributed by atoms with van der Waals surface area (Å²) in [6.45, 7) is 5.77. The molecule has 1 aromatic rings. The fourth-order valence-electron chi connectivity index (χ4n) is 1.29. The van der Waals surface area contributed by atoms with E-state index in [-0.39, 0.29) is 0 Å². The van der Waals surface area contributed by atoms with E-state index in [2.05, 4.69) is 30.6 Å². The molecule has 0 heterocycles. The van der Waals surface area contributed by atoms with Crippen molar-refractivity contribution in [1.82, 2.24) is 10.6 Å². The summed E-state index contributed by atoms with van der Waals surface area (Å²) in [6, 6.07) is 9.61. The zero-order valence-corrected chi connectivity index (χ0v) is 11.0. The predicted molar refractivity (Wildman–Crippen MR) is 73.4 cm³/mol. The SMILES string of the molecule is CC(C)CNC(=S)NCc1cccc(C#N)c1. The second kappa shape index (κ2) is 6.87. The molecule has 90 valence electrons. The molecule has 0 saturated carbocycles. The Hall–Kier alpha value is -1.60. The van der Waals surface area contributed by atoms with Crippen LogP contribution < -0.4 is 10.6 Å². The van der Waals surface area contributed by atoms with Crippen molar-refractivity contribution in [3.05, 3.63) is 35.4 Å². The average molecular weight is 247 g/mol.